The number of benzene rings is 2. The van der Waals surface area contributed by atoms with Gasteiger partial charge in [0.25, 0.3) is 0 Å². The lowest BCUT2D eigenvalue weighted by molar-refractivity contribution is 0.0865. The molecule has 4 heterocycles. The van der Waals surface area contributed by atoms with Crippen LogP contribution in [0.25, 0.3) is 16.6 Å². The zero-order valence-electron chi connectivity index (χ0n) is 20.7. The standard InChI is InChI=1S/C28H31N7O2/c36-28-33(13-14-37-28)18-27(21-5-2-1-3-6-21)35-12-11-29-17-24(35)8-4-7-22-16-30-26-10-9-23(15-25(22)26)34-19-31-32-20-34/h1-3,5-6,9-10,13-16,19-20,24,27,29-30H,4,7-8,11-12,17-18H2. The van der Waals surface area contributed by atoms with E-state index in [4.69, 9.17) is 4.42 Å². The minimum atomic E-state index is -0.308. The number of H-pyrrole nitrogens is 1. The molecule has 0 bridgehead atoms. The van der Waals surface area contributed by atoms with Gasteiger partial charge >= 0.3 is 5.76 Å². The van der Waals surface area contributed by atoms with Crippen molar-refractivity contribution in [2.75, 3.05) is 19.6 Å². The number of aromatic amines is 1. The van der Waals surface area contributed by atoms with Crippen LogP contribution >= 0.6 is 0 Å². The molecule has 1 saturated heterocycles. The van der Waals surface area contributed by atoms with Crippen molar-refractivity contribution in [1.29, 1.82) is 0 Å². The average molecular weight is 498 g/mol. The molecule has 2 unspecified atom stereocenters. The number of rotatable bonds is 9. The summed E-state index contributed by atoms with van der Waals surface area (Å²) in [6.07, 6.45) is 11.9. The quantitative estimate of drug-likeness (QED) is 0.323. The van der Waals surface area contributed by atoms with Crippen molar-refractivity contribution >= 4 is 10.9 Å². The molecule has 6 rings (SSSR count). The Morgan fingerprint density at radius 1 is 1.11 bits per heavy atom. The van der Waals surface area contributed by atoms with Crippen molar-refractivity contribution in [3.05, 3.63) is 102 Å². The molecule has 1 aliphatic heterocycles. The molecule has 0 radical (unpaired) electrons. The first kappa shape index (κ1) is 23.4. The van der Waals surface area contributed by atoms with Gasteiger partial charge in [-0.25, -0.2) is 4.79 Å². The topological polar surface area (TPSA) is 96.9 Å². The number of hydrogen-bond acceptors (Lipinski definition) is 6. The number of aromatic nitrogens is 5. The molecule has 37 heavy (non-hydrogen) atoms. The van der Waals surface area contributed by atoms with E-state index in [2.05, 4.69) is 74.1 Å². The summed E-state index contributed by atoms with van der Waals surface area (Å²) in [4.78, 5) is 18.2. The van der Waals surface area contributed by atoms with Crippen LogP contribution in [0.4, 0.5) is 0 Å². The lowest BCUT2D eigenvalue weighted by atomic mass is 9.97. The lowest BCUT2D eigenvalue weighted by Crippen LogP contribution is -2.53. The van der Waals surface area contributed by atoms with Crippen molar-refractivity contribution in [2.24, 2.45) is 0 Å². The summed E-state index contributed by atoms with van der Waals surface area (Å²) in [5.41, 5.74) is 4.74. The summed E-state index contributed by atoms with van der Waals surface area (Å²) in [5, 5.41) is 12.7. The Bertz CT molecular complexity index is 1490. The van der Waals surface area contributed by atoms with Crippen LogP contribution < -0.4 is 11.1 Å². The van der Waals surface area contributed by atoms with Crippen LogP contribution in [0.2, 0.25) is 0 Å². The van der Waals surface area contributed by atoms with E-state index in [0.717, 1.165) is 50.1 Å². The maximum atomic E-state index is 12.2. The predicted octanol–water partition coefficient (Wildman–Crippen LogP) is 3.54. The van der Waals surface area contributed by atoms with Crippen LogP contribution in [0, 0.1) is 0 Å². The summed E-state index contributed by atoms with van der Waals surface area (Å²) in [6.45, 7) is 3.39. The highest BCUT2D eigenvalue weighted by Gasteiger charge is 2.30. The van der Waals surface area contributed by atoms with Gasteiger partial charge in [0, 0.05) is 61.2 Å². The normalized spacial score (nSPS) is 17.4. The predicted molar refractivity (Wildman–Crippen MR) is 142 cm³/mol. The van der Waals surface area contributed by atoms with Gasteiger partial charge in [-0.2, -0.15) is 0 Å². The molecule has 0 spiro atoms. The minimum Gasteiger partial charge on any atom is -0.416 e. The average Bonchev–Trinajstić information content (AvgIpc) is 3.70. The van der Waals surface area contributed by atoms with Gasteiger partial charge in [0.15, 0.2) is 0 Å². The minimum absolute atomic E-state index is 0.100. The molecule has 3 aromatic heterocycles. The highest BCUT2D eigenvalue weighted by molar-refractivity contribution is 5.85. The van der Waals surface area contributed by atoms with Crippen molar-refractivity contribution in [3.8, 4) is 5.69 Å². The second-order valence-electron chi connectivity index (χ2n) is 9.65. The number of hydrogen-bond donors (Lipinski definition) is 2. The van der Waals surface area contributed by atoms with Gasteiger partial charge in [-0.05, 0) is 48.6 Å². The molecule has 1 aliphatic rings. The number of nitrogens with zero attached hydrogens (tertiary/aromatic N) is 5. The SMILES string of the molecule is O=c1occn1CC(c1ccccc1)N1CCNCC1CCCc1c[nH]c2ccc(-n3cnnc3)cc12. The fraction of sp³-hybridized carbons (Fsp3) is 0.321. The smallest absolute Gasteiger partial charge is 0.416 e. The van der Waals surface area contributed by atoms with E-state index in [1.165, 1.54) is 22.8 Å². The Labute approximate surface area is 214 Å². The van der Waals surface area contributed by atoms with Gasteiger partial charge in [-0.15, -0.1) is 10.2 Å². The zero-order valence-corrected chi connectivity index (χ0v) is 20.7. The van der Waals surface area contributed by atoms with Crippen LogP contribution in [0.3, 0.4) is 0 Å². The molecule has 0 amide bonds. The number of oxazole rings is 1. The number of piperazine rings is 1. The van der Waals surface area contributed by atoms with Crippen LogP contribution in [0.1, 0.15) is 30.0 Å². The van der Waals surface area contributed by atoms with Gasteiger partial charge in [0.2, 0.25) is 0 Å². The molecule has 0 aliphatic carbocycles. The molecule has 2 atom stereocenters. The van der Waals surface area contributed by atoms with Gasteiger partial charge in [0.1, 0.15) is 18.9 Å². The Morgan fingerprint density at radius 3 is 2.78 bits per heavy atom. The van der Waals surface area contributed by atoms with E-state index in [9.17, 15) is 4.79 Å². The van der Waals surface area contributed by atoms with E-state index in [1.54, 1.807) is 23.4 Å². The van der Waals surface area contributed by atoms with Crippen molar-refractivity contribution in [1.82, 2.24) is 34.5 Å². The molecule has 0 saturated carbocycles. The summed E-state index contributed by atoms with van der Waals surface area (Å²) >= 11 is 0. The van der Waals surface area contributed by atoms with Crippen molar-refractivity contribution in [2.45, 2.75) is 37.9 Å². The first-order valence-electron chi connectivity index (χ1n) is 12.9. The van der Waals surface area contributed by atoms with Gasteiger partial charge < -0.3 is 14.7 Å². The molecule has 2 aromatic carbocycles. The summed E-state index contributed by atoms with van der Waals surface area (Å²) in [6, 6.07) is 17.4. The van der Waals surface area contributed by atoms with Gasteiger partial charge in [-0.3, -0.25) is 14.0 Å². The Morgan fingerprint density at radius 2 is 1.97 bits per heavy atom. The van der Waals surface area contributed by atoms with Gasteiger partial charge in [-0.1, -0.05) is 30.3 Å². The van der Waals surface area contributed by atoms with Crippen molar-refractivity contribution in [3.63, 3.8) is 0 Å². The zero-order chi connectivity index (χ0) is 25.0. The molecule has 9 nitrogen and oxygen atoms in total. The first-order chi connectivity index (χ1) is 18.3. The van der Waals surface area contributed by atoms with Crippen LogP contribution in [-0.2, 0) is 13.0 Å². The summed E-state index contributed by atoms with van der Waals surface area (Å²) < 4.78 is 8.66. The molecular weight excluding hydrogens is 466 g/mol. The van der Waals surface area contributed by atoms with Gasteiger partial charge in [0.05, 0.1) is 6.04 Å². The molecule has 1 fully saturated rings. The van der Waals surface area contributed by atoms with E-state index in [0.29, 0.717) is 12.6 Å². The van der Waals surface area contributed by atoms with E-state index in [1.807, 2.05) is 10.6 Å². The van der Waals surface area contributed by atoms with E-state index < -0.39 is 0 Å². The monoisotopic (exact) mass is 497 g/mol. The number of aryl methyl sites for hydroxylation is 1. The van der Waals surface area contributed by atoms with E-state index >= 15 is 0 Å². The fourth-order valence-corrected chi connectivity index (χ4v) is 5.54. The van der Waals surface area contributed by atoms with Crippen LogP contribution in [0.15, 0.2) is 89.1 Å². The van der Waals surface area contributed by atoms with Crippen LogP contribution in [-0.4, -0.2) is 54.9 Å². The highest BCUT2D eigenvalue weighted by atomic mass is 16.4. The number of fused-ring (bicyclic) bond motifs is 1. The second-order valence-corrected chi connectivity index (χ2v) is 9.65. The van der Waals surface area contributed by atoms with E-state index in [-0.39, 0.29) is 11.8 Å². The Hall–Kier alpha value is -3.95. The van der Waals surface area contributed by atoms with Crippen LogP contribution in [0.5, 0.6) is 0 Å². The highest BCUT2D eigenvalue weighted by Crippen LogP contribution is 2.29. The summed E-state index contributed by atoms with van der Waals surface area (Å²) in [5.74, 6) is -0.308. The molecule has 2 N–H and O–H groups in total. The first-order valence-corrected chi connectivity index (χ1v) is 12.9. The number of nitrogens with one attached hydrogen (secondary N) is 2. The Kier molecular flexibility index (Phi) is 6.70. The fourth-order valence-electron chi connectivity index (χ4n) is 5.54. The maximum Gasteiger partial charge on any atom is 0.418 e. The lowest BCUT2D eigenvalue weighted by Gasteiger charge is -2.42. The molecule has 190 valence electrons. The second kappa shape index (κ2) is 10.6. The molecular formula is C28H31N7O2. The molecule has 5 aromatic rings. The Balaban J connectivity index is 1.19. The molecule has 9 heteroatoms. The third-order valence-electron chi connectivity index (χ3n) is 7.45. The third kappa shape index (κ3) is 5.00. The van der Waals surface area contributed by atoms with Crippen molar-refractivity contribution < 1.29 is 4.42 Å². The summed E-state index contributed by atoms with van der Waals surface area (Å²) in [7, 11) is 0. The maximum absolute atomic E-state index is 12.2. The third-order valence-corrected chi connectivity index (χ3v) is 7.45. The largest absolute Gasteiger partial charge is 0.418 e.